The van der Waals surface area contributed by atoms with Crippen molar-refractivity contribution in [1.29, 1.82) is 0 Å². The van der Waals surface area contributed by atoms with Gasteiger partial charge in [0.1, 0.15) is 5.60 Å². The van der Waals surface area contributed by atoms with Gasteiger partial charge in [0.15, 0.2) is 5.82 Å². The lowest BCUT2D eigenvalue weighted by atomic mass is 10.1. The molecule has 0 N–H and O–H groups in total. The molecule has 1 saturated heterocycles. The Morgan fingerprint density at radius 2 is 1.52 bits per heavy atom. The maximum absolute atomic E-state index is 12.2. The quantitative estimate of drug-likeness (QED) is 0.806. The van der Waals surface area contributed by atoms with Crippen LogP contribution in [-0.2, 0) is 4.74 Å². The van der Waals surface area contributed by atoms with E-state index < -0.39 is 5.60 Å². The van der Waals surface area contributed by atoms with Crippen LogP contribution in [-0.4, -0.2) is 52.7 Å². The first kappa shape index (κ1) is 19.1. The fourth-order valence-corrected chi connectivity index (χ4v) is 3.15. The second-order valence-electron chi connectivity index (χ2n) is 7.98. The molecule has 0 unspecified atom stereocenters. The van der Waals surface area contributed by atoms with Crippen LogP contribution in [0.1, 0.15) is 32.2 Å². The number of hydrogen-bond donors (Lipinski definition) is 0. The number of piperazine rings is 1. The Morgan fingerprint density at radius 3 is 2.04 bits per heavy atom. The average molecular weight is 368 g/mol. The monoisotopic (exact) mass is 368 g/mol. The summed E-state index contributed by atoms with van der Waals surface area (Å²) >= 11 is 0. The van der Waals surface area contributed by atoms with Crippen LogP contribution in [0.3, 0.4) is 0 Å². The minimum absolute atomic E-state index is 0.232. The van der Waals surface area contributed by atoms with Crippen LogP contribution in [0.5, 0.6) is 0 Å². The number of ether oxygens (including phenoxy) is 1. The van der Waals surface area contributed by atoms with Crippen molar-refractivity contribution in [1.82, 2.24) is 14.9 Å². The number of carbonyl (C=O) groups excluding carboxylic acids is 1. The molecule has 6 nitrogen and oxygen atoms in total. The predicted molar refractivity (Wildman–Crippen MR) is 107 cm³/mol. The Bertz CT molecular complexity index is 784. The summed E-state index contributed by atoms with van der Waals surface area (Å²) in [7, 11) is 0. The van der Waals surface area contributed by atoms with Gasteiger partial charge in [-0.25, -0.2) is 14.8 Å². The number of benzene rings is 1. The summed E-state index contributed by atoms with van der Waals surface area (Å²) in [6.07, 6.45) is -0.232. The summed E-state index contributed by atoms with van der Waals surface area (Å²) < 4.78 is 5.46. The Kier molecular flexibility index (Phi) is 5.35. The van der Waals surface area contributed by atoms with Gasteiger partial charge >= 0.3 is 6.09 Å². The van der Waals surface area contributed by atoms with Gasteiger partial charge in [0, 0.05) is 48.8 Å². The Morgan fingerprint density at radius 1 is 0.963 bits per heavy atom. The molecule has 1 aromatic carbocycles. The van der Waals surface area contributed by atoms with E-state index in [2.05, 4.69) is 39.1 Å². The third-order valence-electron chi connectivity index (χ3n) is 4.40. The summed E-state index contributed by atoms with van der Waals surface area (Å²) in [5, 5.41) is 0. The van der Waals surface area contributed by atoms with Crippen molar-refractivity contribution in [2.45, 2.75) is 40.2 Å². The lowest BCUT2D eigenvalue weighted by Gasteiger charge is -2.36. The SMILES string of the molecule is Cc1cc(C)nc(-c2ccc(N3CCN(C(=O)OC(C)(C)C)CC3)cc2)n1. The maximum Gasteiger partial charge on any atom is 0.410 e. The highest BCUT2D eigenvalue weighted by molar-refractivity contribution is 5.69. The number of nitrogens with zero attached hydrogens (tertiary/aromatic N) is 4. The van der Waals surface area contributed by atoms with Crippen LogP contribution >= 0.6 is 0 Å². The third-order valence-corrected chi connectivity index (χ3v) is 4.40. The fourth-order valence-electron chi connectivity index (χ4n) is 3.15. The van der Waals surface area contributed by atoms with Gasteiger partial charge in [-0.15, -0.1) is 0 Å². The van der Waals surface area contributed by atoms with E-state index in [1.165, 1.54) is 0 Å². The third kappa shape index (κ3) is 4.96. The van der Waals surface area contributed by atoms with Crippen molar-refractivity contribution in [2.24, 2.45) is 0 Å². The minimum Gasteiger partial charge on any atom is -0.444 e. The molecular formula is C21H28N4O2. The topological polar surface area (TPSA) is 58.6 Å². The van der Waals surface area contributed by atoms with E-state index in [9.17, 15) is 4.79 Å². The van der Waals surface area contributed by atoms with Crippen molar-refractivity contribution in [2.75, 3.05) is 31.1 Å². The molecule has 0 bridgehead atoms. The molecule has 27 heavy (non-hydrogen) atoms. The largest absolute Gasteiger partial charge is 0.444 e. The summed E-state index contributed by atoms with van der Waals surface area (Å²) in [6, 6.07) is 10.3. The fraction of sp³-hybridized carbons (Fsp3) is 0.476. The highest BCUT2D eigenvalue weighted by Gasteiger charge is 2.25. The second kappa shape index (κ2) is 7.55. The van der Waals surface area contributed by atoms with Crippen molar-refractivity contribution in [3.05, 3.63) is 41.7 Å². The first-order valence-electron chi connectivity index (χ1n) is 9.37. The van der Waals surface area contributed by atoms with Gasteiger partial charge in [-0.05, 0) is 65.0 Å². The Labute approximate surface area is 161 Å². The van der Waals surface area contributed by atoms with Crippen molar-refractivity contribution in [3.8, 4) is 11.4 Å². The molecule has 0 radical (unpaired) electrons. The summed E-state index contributed by atoms with van der Waals surface area (Å²) in [5.41, 5.74) is 3.64. The zero-order valence-electron chi connectivity index (χ0n) is 16.8. The number of rotatable bonds is 2. The van der Waals surface area contributed by atoms with E-state index in [0.717, 1.165) is 41.6 Å². The highest BCUT2D eigenvalue weighted by atomic mass is 16.6. The number of hydrogen-bond acceptors (Lipinski definition) is 5. The first-order chi connectivity index (χ1) is 12.7. The molecule has 0 saturated carbocycles. The van der Waals surface area contributed by atoms with Gasteiger partial charge in [0.25, 0.3) is 0 Å². The van der Waals surface area contributed by atoms with Gasteiger partial charge in [-0.1, -0.05) is 0 Å². The molecule has 1 aliphatic rings. The van der Waals surface area contributed by atoms with Crippen LogP contribution in [0.15, 0.2) is 30.3 Å². The van der Waals surface area contributed by atoms with Crippen molar-refractivity contribution < 1.29 is 9.53 Å². The molecule has 1 aromatic heterocycles. The maximum atomic E-state index is 12.2. The number of aryl methyl sites for hydroxylation is 2. The molecular weight excluding hydrogens is 340 g/mol. The number of aromatic nitrogens is 2. The van der Waals surface area contributed by atoms with Crippen molar-refractivity contribution >= 4 is 11.8 Å². The lowest BCUT2D eigenvalue weighted by molar-refractivity contribution is 0.0240. The van der Waals surface area contributed by atoms with E-state index in [1.807, 2.05) is 40.7 Å². The molecule has 3 rings (SSSR count). The minimum atomic E-state index is -0.458. The molecule has 144 valence electrons. The number of anilines is 1. The summed E-state index contributed by atoms with van der Waals surface area (Å²) in [5.74, 6) is 0.758. The Hall–Kier alpha value is -2.63. The molecule has 1 fully saturated rings. The lowest BCUT2D eigenvalue weighted by Crippen LogP contribution is -2.50. The summed E-state index contributed by atoms with van der Waals surface area (Å²) in [4.78, 5) is 25.3. The van der Waals surface area contributed by atoms with Gasteiger partial charge in [-0.3, -0.25) is 0 Å². The van der Waals surface area contributed by atoms with Crippen LogP contribution in [0.4, 0.5) is 10.5 Å². The number of amides is 1. The average Bonchev–Trinajstić information content (AvgIpc) is 2.60. The standard InChI is InChI=1S/C21H28N4O2/c1-15-14-16(2)23-19(22-15)17-6-8-18(9-7-17)24-10-12-25(13-11-24)20(26)27-21(3,4)5/h6-9,14H,10-13H2,1-5H3. The van der Waals surface area contributed by atoms with E-state index in [-0.39, 0.29) is 6.09 Å². The molecule has 2 heterocycles. The molecule has 0 aliphatic carbocycles. The van der Waals surface area contributed by atoms with Crippen LogP contribution in [0.25, 0.3) is 11.4 Å². The predicted octanol–water partition coefficient (Wildman–Crippen LogP) is 3.82. The summed E-state index contributed by atoms with van der Waals surface area (Å²) in [6.45, 7) is 12.5. The zero-order chi connectivity index (χ0) is 19.6. The van der Waals surface area contributed by atoms with Crippen LogP contribution in [0, 0.1) is 13.8 Å². The van der Waals surface area contributed by atoms with Crippen LogP contribution < -0.4 is 4.90 Å². The molecule has 0 spiro atoms. The van der Waals surface area contributed by atoms with E-state index >= 15 is 0 Å². The molecule has 1 aliphatic heterocycles. The molecule has 6 heteroatoms. The van der Waals surface area contributed by atoms with Gasteiger partial charge in [0.2, 0.25) is 0 Å². The van der Waals surface area contributed by atoms with Gasteiger partial charge in [-0.2, -0.15) is 0 Å². The Balaban J connectivity index is 1.63. The smallest absolute Gasteiger partial charge is 0.410 e. The molecule has 2 aromatic rings. The van der Waals surface area contributed by atoms with E-state index in [4.69, 9.17) is 4.74 Å². The number of carbonyl (C=O) groups is 1. The van der Waals surface area contributed by atoms with E-state index in [1.54, 1.807) is 4.90 Å². The first-order valence-corrected chi connectivity index (χ1v) is 9.37. The highest BCUT2D eigenvalue weighted by Crippen LogP contribution is 2.23. The van der Waals surface area contributed by atoms with Gasteiger partial charge in [0.05, 0.1) is 0 Å². The second-order valence-corrected chi connectivity index (χ2v) is 7.98. The molecule has 1 amide bonds. The van der Waals surface area contributed by atoms with Gasteiger partial charge < -0.3 is 14.5 Å². The normalized spacial score (nSPS) is 15.0. The van der Waals surface area contributed by atoms with Crippen molar-refractivity contribution in [3.63, 3.8) is 0 Å². The van der Waals surface area contributed by atoms with Crippen LogP contribution in [0.2, 0.25) is 0 Å². The zero-order valence-corrected chi connectivity index (χ0v) is 16.8. The van der Waals surface area contributed by atoms with E-state index in [0.29, 0.717) is 13.1 Å². The molecule has 0 atom stereocenters.